The van der Waals surface area contributed by atoms with Crippen LogP contribution in [0, 0.1) is 6.92 Å². The van der Waals surface area contributed by atoms with E-state index in [0.29, 0.717) is 18.5 Å². The van der Waals surface area contributed by atoms with Gasteiger partial charge < -0.3 is 14.7 Å². The summed E-state index contributed by atoms with van der Waals surface area (Å²) in [7, 11) is 3.57. The summed E-state index contributed by atoms with van der Waals surface area (Å²) < 4.78 is 6.72. The highest BCUT2D eigenvalue weighted by molar-refractivity contribution is 5.92. The average Bonchev–Trinajstić information content (AvgIpc) is 3.12. The number of aryl methyl sites for hydroxylation is 2. The van der Waals surface area contributed by atoms with Gasteiger partial charge in [-0.3, -0.25) is 14.3 Å². The summed E-state index contributed by atoms with van der Waals surface area (Å²) in [5.41, 5.74) is 1.52. The minimum atomic E-state index is -0.328. The van der Waals surface area contributed by atoms with Crippen LogP contribution in [0.2, 0.25) is 0 Å². The second-order valence-corrected chi connectivity index (χ2v) is 5.78. The smallest absolute Gasteiger partial charge is 0.290 e. The number of nitrogens with one attached hydrogen (secondary N) is 1. The topological polar surface area (TPSA) is 93.3 Å². The van der Waals surface area contributed by atoms with E-state index in [1.54, 1.807) is 35.8 Å². The summed E-state index contributed by atoms with van der Waals surface area (Å²) in [6, 6.07) is 2.96. The molecule has 0 bridgehead atoms. The third-order valence-corrected chi connectivity index (χ3v) is 4.19. The summed E-state index contributed by atoms with van der Waals surface area (Å²) in [5, 5.41) is 10.8. The maximum Gasteiger partial charge on any atom is 0.290 e. The van der Waals surface area contributed by atoms with Crippen LogP contribution in [0.25, 0.3) is 0 Å². The molecule has 0 spiro atoms. The van der Waals surface area contributed by atoms with E-state index >= 15 is 0 Å². The molecular formula is C15H19N5O3. The lowest BCUT2D eigenvalue weighted by molar-refractivity contribution is -0.136. The third kappa shape index (κ3) is 2.84. The van der Waals surface area contributed by atoms with Crippen molar-refractivity contribution in [3.63, 3.8) is 0 Å². The minimum absolute atomic E-state index is 0.0530. The number of aromatic nitrogens is 3. The van der Waals surface area contributed by atoms with E-state index in [0.717, 1.165) is 5.69 Å². The molecule has 0 aromatic carbocycles. The molecule has 3 heterocycles. The molecule has 2 aromatic heterocycles. The molecule has 1 aliphatic heterocycles. The van der Waals surface area contributed by atoms with Crippen molar-refractivity contribution in [3.05, 3.63) is 35.5 Å². The number of carbonyl (C=O) groups is 2. The van der Waals surface area contributed by atoms with Crippen LogP contribution in [0.5, 0.6) is 0 Å². The Balaban J connectivity index is 1.85. The first-order valence-corrected chi connectivity index (χ1v) is 7.45. The van der Waals surface area contributed by atoms with Gasteiger partial charge in [-0.25, -0.2) is 0 Å². The van der Waals surface area contributed by atoms with E-state index in [1.165, 1.54) is 0 Å². The maximum atomic E-state index is 12.3. The van der Waals surface area contributed by atoms with Crippen molar-refractivity contribution in [2.75, 3.05) is 7.05 Å². The fourth-order valence-corrected chi connectivity index (χ4v) is 2.98. The first-order valence-electron chi connectivity index (χ1n) is 7.45. The Hall–Kier alpha value is -2.64. The van der Waals surface area contributed by atoms with Crippen LogP contribution in [-0.4, -0.2) is 44.7 Å². The van der Waals surface area contributed by atoms with Gasteiger partial charge in [0.25, 0.3) is 5.91 Å². The lowest BCUT2D eigenvalue weighted by atomic mass is 9.93. The summed E-state index contributed by atoms with van der Waals surface area (Å²) in [5.74, 6) is -0.103. The molecule has 23 heavy (non-hydrogen) atoms. The molecule has 0 unspecified atom stereocenters. The van der Waals surface area contributed by atoms with Gasteiger partial charge in [0.15, 0.2) is 0 Å². The number of likely N-dealkylation sites (N-methyl/N-ethyl adjacent to an activating group) is 1. The van der Waals surface area contributed by atoms with Gasteiger partial charge in [-0.05, 0) is 19.4 Å². The van der Waals surface area contributed by atoms with E-state index in [4.69, 9.17) is 4.52 Å². The van der Waals surface area contributed by atoms with E-state index in [-0.39, 0.29) is 29.7 Å². The summed E-state index contributed by atoms with van der Waals surface area (Å²) >= 11 is 0. The highest BCUT2D eigenvalue weighted by Crippen LogP contribution is 2.30. The van der Waals surface area contributed by atoms with E-state index in [2.05, 4.69) is 15.6 Å². The fourth-order valence-electron chi connectivity index (χ4n) is 2.98. The number of rotatable bonds is 3. The normalized spacial score (nSPS) is 21.5. The first kappa shape index (κ1) is 15.3. The lowest BCUT2D eigenvalue weighted by Crippen LogP contribution is -2.51. The first-order chi connectivity index (χ1) is 11.0. The van der Waals surface area contributed by atoms with E-state index in [9.17, 15) is 9.59 Å². The number of amides is 2. The van der Waals surface area contributed by atoms with Crippen molar-refractivity contribution in [2.45, 2.75) is 31.8 Å². The molecule has 3 rings (SSSR count). The molecule has 2 aromatic rings. The van der Waals surface area contributed by atoms with Gasteiger partial charge >= 0.3 is 0 Å². The van der Waals surface area contributed by atoms with Gasteiger partial charge in [0.05, 0.1) is 23.5 Å². The Bertz CT molecular complexity index is 735. The van der Waals surface area contributed by atoms with Crippen molar-refractivity contribution >= 4 is 11.8 Å². The highest BCUT2D eigenvalue weighted by Gasteiger charge is 2.37. The number of nitrogens with zero attached hydrogens (tertiary/aromatic N) is 4. The summed E-state index contributed by atoms with van der Waals surface area (Å²) in [4.78, 5) is 26.1. The van der Waals surface area contributed by atoms with Gasteiger partial charge in [0, 0.05) is 32.8 Å². The average molecular weight is 317 g/mol. The Morgan fingerprint density at radius 3 is 2.83 bits per heavy atom. The Kier molecular flexibility index (Phi) is 3.89. The molecule has 2 amide bonds. The number of piperidine rings is 1. The largest absolute Gasteiger partial charge is 0.351 e. The Morgan fingerprint density at radius 2 is 2.22 bits per heavy atom. The maximum absolute atomic E-state index is 12.3. The zero-order valence-electron chi connectivity index (χ0n) is 13.3. The molecule has 8 heteroatoms. The monoisotopic (exact) mass is 317 g/mol. The lowest BCUT2D eigenvalue weighted by Gasteiger charge is -2.39. The molecule has 0 radical (unpaired) electrons. The predicted octanol–water partition coefficient (Wildman–Crippen LogP) is 0.808. The van der Waals surface area contributed by atoms with E-state index < -0.39 is 0 Å². The fraction of sp³-hybridized carbons (Fsp3) is 0.467. The van der Waals surface area contributed by atoms with Crippen LogP contribution in [0.15, 0.2) is 22.9 Å². The van der Waals surface area contributed by atoms with Gasteiger partial charge in [-0.2, -0.15) is 5.10 Å². The van der Waals surface area contributed by atoms with Crippen LogP contribution in [0.3, 0.4) is 0 Å². The second kappa shape index (κ2) is 5.86. The quantitative estimate of drug-likeness (QED) is 0.904. The SMILES string of the molecule is Cc1cc(C(=O)N[C@@H]2CCC(=O)N(C)[C@H]2c2ccnn2C)on1. The number of carbonyl (C=O) groups excluding carboxylic acids is 2. The Morgan fingerprint density at radius 1 is 1.43 bits per heavy atom. The van der Waals surface area contributed by atoms with Crippen LogP contribution < -0.4 is 5.32 Å². The van der Waals surface area contributed by atoms with E-state index in [1.807, 2.05) is 13.1 Å². The number of hydrogen-bond donors (Lipinski definition) is 1. The van der Waals surface area contributed by atoms with Crippen molar-refractivity contribution in [1.82, 2.24) is 25.2 Å². The number of hydrogen-bond acceptors (Lipinski definition) is 5. The summed E-state index contributed by atoms with van der Waals surface area (Å²) in [6.07, 6.45) is 2.64. The third-order valence-electron chi connectivity index (χ3n) is 4.19. The van der Waals surface area contributed by atoms with Crippen LogP contribution >= 0.6 is 0 Å². The van der Waals surface area contributed by atoms with Crippen molar-refractivity contribution in [2.24, 2.45) is 7.05 Å². The molecule has 122 valence electrons. The molecule has 1 fully saturated rings. The molecule has 8 nitrogen and oxygen atoms in total. The van der Waals surface area contributed by atoms with Crippen molar-refractivity contribution in [3.8, 4) is 0 Å². The minimum Gasteiger partial charge on any atom is -0.351 e. The van der Waals surface area contributed by atoms with Crippen molar-refractivity contribution < 1.29 is 14.1 Å². The van der Waals surface area contributed by atoms with Crippen LogP contribution in [0.1, 0.15) is 40.8 Å². The van der Waals surface area contributed by atoms with Crippen molar-refractivity contribution in [1.29, 1.82) is 0 Å². The zero-order chi connectivity index (χ0) is 16.6. The molecule has 1 saturated heterocycles. The molecule has 1 aliphatic rings. The van der Waals surface area contributed by atoms with Gasteiger partial charge in [0.1, 0.15) is 0 Å². The number of likely N-dealkylation sites (tertiary alicyclic amines) is 1. The highest BCUT2D eigenvalue weighted by atomic mass is 16.5. The zero-order valence-corrected chi connectivity index (χ0v) is 13.3. The van der Waals surface area contributed by atoms with Gasteiger partial charge in [-0.1, -0.05) is 5.16 Å². The molecule has 0 aliphatic carbocycles. The standard InChI is InChI=1S/C15H19N5O3/c1-9-8-12(23-18-9)15(22)17-10-4-5-13(21)19(2)14(10)11-6-7-16-20(11)3/h6-8,10,14H,4-5H2,1-3H3,(H,17,22)/t10-,14-/m1/s1. The van der Waals surface area contributed by atoms with Gasteiger partial charge in [-0.15, -0.1) is 0 Å². The van der Waals surface area contributed by atoms with Crippen LogP contribution in [0.4, 0.5) is 0 Å². The Labute approximate surface area is 133 Å². The summed E-state index contributed by atoms with van der Waals surface area (Å²) in [6.45, 7) is 1.76. The van der Waals surface area contributed by atoms with Crippen LogP contribution in [-0.2, 0) is 11.8 Å². The second-order valence-electron chi connectivity index (χ2n) is 5.78. The molecule has 2 atom stereocenters. The molecular weight excluding hydrogens is 298 g/mol. The molecule has 0 saturated carbocycles. The predicted molar refractivity (Wildman–Crippen MR) is 80.4 cm³/mol. The molecule has 1 N–H and O–H groups in total. The van der Waals surface area contributed by atoms with Gasteiger partial charge in [0.2, 0.25) is 11.7 Å².